The topological polar surface area (TPSA) is 84.6 Å². The Balaban J connectivity index is 1.71. The summed E-state index contributed by atoms with van der Waals surface area (Å²) in [6.07, 6.45) is -3.54. The molecule has 0 saturated carbocycles. The van der Waals surface area contributed by atoms with Crippen molar-refractivity contribution in [2.24, 2.45) is 0 Å². The van der Waals surface area contributed by atoms with Crippen LogP contribution < -0.4 is 0 Å². The number of aromatic nitrogens is 2. The van der Waals surface area contributed by atoms with Gasteiger partial charge in [-0.15, -0.1) is 0 Å². The Bertz CT molecular complexity index is 1220. The first-order chi connectivity index (χ1) is 15.0. The molecular formula is C22H19F3N2O4S. The second-order valence-corrected chi connectivity index (χ2v) is 9.06. The molecule has 0 radical (unpaired) electrons. The molecule has 1 aliphatic rings. The molecule has 0 saturated heterocycles. The number of ether oxygens (including phenoxy) is 1. The highest BCUT2D eigenvalue weighted by Crippen LogP contribution is 2.48. The third-order valence-electron chi connectivity index (χ3n) is 5.40. The van der Waals surface area contributed by atoms with Crippen molar-refractivity contribution < 1.29 is 32.9 Å². The van der Waals surface area contributed by atoms with Crippen molar-refractivity contribution in [3.8, 4) is 5.75 Å². The van der Waals surface area contributed by atoms with E-state index in [1.165, 1.54) is 50.5 Å². The average molecular weight is 464 g/mol. The minimum absolute atomic E-state index is 0.0222. The molecule has 168 valence electrons. The van der Waals surface area contributed by atoms with Crippen molar-refractivity contribution in [1.29, 1.82) is 0 Å². The van der Waals surface area contributed by atoms with Crippen molar-refractivity contribution in [3.05, 3.63) is 66.0 Å². The van der Waals surface area contributed by atoms with Crippen molar-refractivity contribution in [1.82, 2.24) is 9.55 Å². The number of alkyl halides is 3. The van der Waals surface area contributed by atoms with Crippen molar-refractivity contribution in [2.45, 2.75) is 37.0 Å². The highest BCUT2D eigenvalue weighted by Gasteiger charge is 2.49. The second kappa shape index (κ2) is 7.86. The Morgan fingerprint density at radius 1 is 1.28 bits per heavy atom. The fourth-order valence-electron chi connectivity index (χ4n) is 3.64. The second-order valence-electron chi connectivity index (χ2n) is 7.59. The van der Waals surface area contributed by atoms with Crippen LogP contribution in [-0.4, -0.2) is 36.6 Å². The number of phenols is 1. The number of phenolic OH excluding ortho intramolecular Hbond substituents is 1. The summed E-state index contributed by atoms with van der Waals surface area (Å²) in [6, 6.07) is 9.69. The Kier molecular flexibility index (Phi) is 5.46. The number of nitrogens with zero attached hydrogens (tertiary/aromatic N) is 2. The van der Waals surface area contributed by atoms with E-state index >= 15 is 0 Å². The van der Waals surface area contributed by atoms with E-state index in [1.807, 2.05) is 0 Å². The van der Waals surface area contributed by atoms with Gasteiger partial charge in [-0.05, 0) is 43.7 Å². The lowest BCUT2D eigenvalue weighted by Gasteiger charge is -2.29. The summed E-state index contributed by atoms with van der Waals surface area (Å²) in [5.74, 6) is -1.14. The fourth-order valence-corrected chi connectivity index (χ4v) is 4.83. The van der Waals surface area contributed by atoms with E-state index < -0.39 is 34.7 Å². The van der Waals surface area contributed by atoms with Crippen molar-refractivity contribution >= 4 is 33.8 Å². The molecule has 0 bridgehead atoms. The molecule has 2 unspecified atom stereocenters. The first-order valence-electron chi connectivity index (χ1n) is 9.63. The maximum absolute atomic E-state index is 13.4. The van der Waals surface area contributed by atoms with Gasteiger partial charge in [0.15, 0.2) is 0 Å². The number of benzene rings is 2. The molecule has 1 aromatic heterocycles. The Hall–Kier alpha value is -2.98. The molecule has 32 heavy (non-hydrogen) atoms. The van der Waals surface area contributed by atoms with Crippen LogP contribution in [0, 0.1) is 0 Å². The fraction of sp³-hybridized carbons (Fsp3) is 0.273. The molecule has 2 N–H and O–H groups in total. The first kappa shape index (κ1) is 22.2. The van der Waals surface area contributed by atoms with E-state index in [2.05, 4.69) is 4.98 Å². The Morgan fingerprint density at radius 2 is 2.00 bits per heavy atom. The monoisotopic (exact) mass is 464 g/mol. The number of aliphatic carboxylic acids is 1. The zero-order chi connectivity index (χ0) is 23.3. The van der Waals surface area contributed by atoms with E-state index in [0.29, 0.717) is 16.1 Å². The minimum Gasteiger partial charge on any atom is -0.508 e. The van der Waals surface area contributed by atoms with Crippen molar-refractivity contribution in [3.63, 3.8) is 0 Å². The highest BCUT2D eigenvalue weighted by atomic mass is 32.2. The number of carboxylic acid groups (broad SMARTS) is 1. The SMILES string of the molecule is C[C@@H](OC1C=C(n2cnc3ccc(O)cc32)SC1(C)C(=O)O)c1ccccc1C(F)(F)F. The molecule has 3 aromatic rings. The maximum Gasteiger partial charge on any atom is 0.416 e. The summed E-state index contributed by atoms with van der Waals surface area (Å²) in [4.78, 5) is 16.4. The lowest BCUT2D eigenvalue weighted by molar-refractivity contribution is -0.145. The molecule has 1 aliphatic heterocycles. The Labute approximate surface area is 185 Å². The molecule has 4 rings (SSSR count). The van der Waals surface area contributed by atoms with Gasteiger partial charge in [0.05, 0.1) is 27.7 Å². The molecule has 2 aromatic carbocycles. The molecule has 0 fully saturated rings. The third kappa shape index (κ3) is 3.84. The highest BCUT2D eigenvalue weighted by molar-refractivity contribution is 8.10. The van der Waals surface area contributed by atoms with Gasteiger partial charge in [-0.3, -0.25) is 9.36 Å². The maximum atomic E-state index is 13.4. The summed E-state index contributed by atoms with van der Waals surface area (Å²) in [5, 5.41) is 20.2. The van der Waals surface area contributed by atoms with Gasteiger partial charge in [-0.1, -0.05) is 30.0 Å². The van der Waals surface area contributed by atoms with Crippen LogP contribution in [0.1, 0.15) is 31.1 Å². The number of halogens is 3. The van der Waals surface area contributed by atoms with Crippen LogP contribution in [0.3, 0.4) is 0 Å². The average Bonchev–Trinajstić information content (AvgIpc) is 3.28. The minimum atomic E-state index is -4.56. The number of imidazole rings is 1. The predicted octanol–water partition coefficient (Wildman–Crippen LogP) is 5.30. The van der Waals surface area contributed by atoms with Crippen LogP contribution in [0.25, 0.3) is 16.1 Å². The van der Waals surface area contributed by atoms with Crippen LogP contribution in [0.2, 0.25) is 0 Å². The number of thioether (sulfide) groups is 1. The quantitative estimate of drug-likeness (QED) is 0.533. The number of hydrogen-bond donors (Lipinski definition) is 2. The molecule has 6 nitrogen and oxygen atoms in total. The smallest absolute Gasteiger partial charge is 0.416 e. The summed E-state index contributed by atoms with van der Waals surface area (Å²) in [5.41, 5.74) is 0.263. The molecule has 2 heterocycles. The number of rotatable bonds is 5. The van der Waals surface area contributed by atoms with Gasteiger partial charge in [-0.2, -0.15) is 13.2 Å². The largest absolute Gasteiger partial charge is 0.508 e. The number of hydrogen-bond acceptors (Lipinski definition) is 5. The van der Waals surface area contributed by atoms with Gasteiger partial charge >= 0.3 is 12.1 Å². The standard InChI is InChI=1S/C22H19F3N2O4S/c1-12(14-5-3-4-6-15(14)22(23,24)25)31-18-10-19(32-21(18,2)20(29)30)27-11-26-16-8-7-13(28)9-17(16)27/h3-12,18,28H,1-2H3,(H,29,30)/t12-,18?,21?/m1/s1. The molecule has 0 aliphatic carbocycles. The van der Waals surface area contributed by atoms with Crippen LogP contribution in [0.4, 0.5) is 13.2 Å². The molecular weight excluding hydrogens is 445 g/mol. The van der Waals surface area contributed by atoms with Gasteiger partial charge in [0, 0.05) is 6.07 Å². The first-order valence-corrected chi connectivity index (χ1v) is 10.4. The van der Waals surface area contributed by atoms with Gasteiger partial charge in [0.25, 0.3) is 0 Å². The van der Waals surface area contributed by atoms with Gasteiger partial charge in [0.1, 0.15) is 22.9 Å². The predicted molar refractivity (Wildman–Crippen MR) is 114 cm³/mol. The summed E-state index contributed by atoms with van der Waals surface area (Å²) < 4.78 is 46.4. The van der Waals surface area contributed by atoms with E-state index in [-0.39, 0.29) is 11.3 Å². The van der Waals surface area contributed by atoms with E-state index in [4.69, 9.17) is 4.74 Å². The normalized spacial score (nSPS) is 22.2. The van der Waals surface area contributed by atoms with Gasteiger partial charge < -0.3 is 14.9 Å². The molecule has 10 heteroatoms. The molecule has 0 spiro atoms. The number of carbonyl (C=O) groups is 1. The van der Waals surface area contributed by atoms with E-state index in [9.17, 15) is 28.2 Å². The summed E-state index contributed by atoms with van der Waals surface area (Å²) >= 11 is 1.01. The number of aromatic hydroxyl groups is 1. The number of fused-ring (bicyclic) bond motifs is 1. The van der Waals surface area contributed by atoms with Crippen LogP contribution in [-0.2, 0) is 15.7 Å². The lowest BCUT2D eigenvalue weighted by atomic mass is 10.0. The van der Waals surface area contributed by atoms with E-state index in [0.717, 1.165) is 17.8 Å². The molecule has 3 atom stereocenters. The zero-order valence-corrected chi connectivity index (χ0v) is 17.8. The van der Waals surface area contributed by atoms with Gasteiger partial charge in [0.2, 0.25) is 0 Å². The van der Waals surface area contributed by atoms with Crippen molar-refractivity contribution in [2.75, 3.05) is 0 Å². The zero-order valence-electron chi connectivity index (χ0n) is 17.0. The van der Waals surface area contributed by atoms with Crippen LogP contribution >= 0.6 is 11.8 Å². The van der Waals surface area contributed by atoms with Crippen LogP contribution in [0.5, 0.6) is 5.75 Å². The summed E-state index contributed by atoms with van der Waals surface area (Å²) in [6.45, 7) is 2.93. The third-order valence-corrected chi connectivity index (χ3v) is 6.77. The van der Waals surface area contributed by atoms with E-state index in [1.54, 1.807) is 16.7 Å². The summed E-state index contributed by atoms with van der Waals surface area (Å²) in [7, 11) is 0. The lowest BCUT2D eigenvalue weighted by Crippen LogP contribution is -2.42. The van der Waals surface area contributed by atoms with Crippen LogP contribution in [0.15, 0.2) is 54.9 Å². The Morgan fingerprint density at radius 3 is 2.69 bits per heavy atom. The number of carboxylic acids is 1. The van der Waals surface area contributed by atoms with Gasteiger partial charge in [-0.25, -0.2) is 4.98 Å². The molecule has 0 amide bonds.